The van der Waals surface area contributed by atoms with E-state index in [1.165, 1.54) is 32.5 Å². The molecule has 1 heterocycles. The minimum Gasteiger partial charge on any atom is -0.319 e. The van der Waals surface area contributed by atoms with E-state index in [0.717, 1.165) is 6.42 Å². The van der Waals surface area contributed by atoms with Gasteiger partial charge in [0.15, 0.2) is 0 Å². The molecule has 0 saturated carbocycles. The van der Waals surface area contributed by atoms with Gasteiger partial charge in [0.1, 0.15) is 0 Å². The molecule has 108 valence electrons. The van der Waals surface area contributed by atoms with Crippen LogP contribution in [0, 0.1) is 0 Å². The normalized spacial score (nSPS) is 14.0. The Morgan fingerprint density at radius 3 is 2.64 bits per heavy atom. The number of hydrogen-bond acceptors (Lipinski definition) is 3. The molecule has 3 aromatic rings. The fourth-order valence-corrected chi connectivity index (χ4v) is 4.71. The van der Waals surface area contributed by atoms with Crippen molar-refractivity contribution in [1.29, 1.82) is 0 Å². The van der Waals surface area contributed by atoms with Crippen molar-refractivity contribution < 1.29 is 0 Å². The molecule has 1 nitrogen and oxygen atoms in total. The Morgan fingerprint density at radius 1 is 0.864 bits per heavy atom. The Bertz CT molecular complexity index is 827. The van der Waals surface area contributed by atoms with Crippen molar-refractivity contribution in [2.24, 2.45) is 0 Å². The quantitative estimate of drug-likeness (QED) is 0.392. The van der Waals surface area contributed by atoms with Crippen LogP contribution in [0.5, 0.6) is 0 Å². The number of nitrogens with one attached hydrogen (secondary N) is 1. The lowest BCUT2D eigenvalue weighted by Gasteiger charge is -2.11. The van der Waals surface area contributed by atoms with Crippen LogP contribution in [-0.2, 0) is 6.42 Å². The third-order valence-electron chi connectivity index (χ3n) is 3.83. The maximum absolute atomic E-state index is 3.18. The van der Waals surface area contributed by atoms with Gasteiger partial charge in [-0.3, -0.25) is 0 Å². The molecule has 5 rings (SSSR count). The Labute approximate surface area is 138 Å². The summed E-state index contributed by atoms with van der Waals surface area (Å²) < 4.78 is 3.18. The Kier molecular flexibility index (Phi) is 3.83. The second kappa shape index (κ2) is 6.11. The molecule has 0 saturated heterocycles. The van der Waals surface area contributed by atoms with Gasteiger partial charge in [0.2, 0.25) is 0 Å². The first kappa shape index (κ1) is 13.8. The minimum absolute atomic E-state index is 1.08. The number of anilines is 1. The monoisotopic (exact) mass is 321 g/mol. The third-order valence-corrected chi connectivity index (χ3v) is 5.79. The molecule has 0 aromatic heterocycles. The van der Waals surface area contributed by atoms with Gasteiger partial charge in [0.05, 0.1) is 5.69 Å². The van der Waals surface area contributed by atoms with E-state index in [1.54, 1.807) is 21.8 Å². The molecule has 3 heteroatoms. The summed E-state index contributed by atoms with van der Waals surface area (Å²) in [5.74, 6) is 0. The van der Waals surface area contributed by atoms with E-state index in [2.05, 4.69) is 71.5 Å². The molecule has 0 amide bonds. The van der Waals surface area contributed by atoms with Crippen LogP contribution in [0.3, 0.4) is 0 Å². The van der Waals surface area contributed by atoms with Crippen molar-refractivity contribution >= 4 is 44.3 Å². The van der Waals surface area contributed by atoms with E-state index in [-0.39, 0.29) is 0 Å². The van der Waals surface area contributed by atoms with Crippen LogP contribution in [0.2, 0.25) is 0 Å². The fourth-order valence-electron chi connectivity index (χ4n) is 2.81. The summed E-state index contributed by atoms with van der Waals surface area (Å²) >= 11 is 0. The molecule has 0 atom stereocenters. The Hall–Kier alpha value is -1.84. The van der Waals surface area contributed by atoms with E-state index in [4.69, 9.17) is 0 Å². The van der Waals surface area contributed by atoms with Crippen molar-refractivity contribution in [3.8, 4) is 0 Å². The number of fused-ring (bicyclic) bond motifs is 1. The van der Waals surface area contributed by atoms with Crippen LogP contribution in [0.25, 0.3) is 16.8 Å². The van der Waals surface area contributed by atoms with Gasteiger partial charge in [-0.15, -0.1) is 0 Å². The third kappa shape index (κ3) is 2.62. The second-order valence-electron chi connectivity index (χ2n) is 5.23. The molecule has 22 heavy (non-hydrogen) atoms. The van der Waals surface area contributed by atoms with Gasteiger partial charge in [-0.2, -0.15) is 0 Å². The predicted molar refractivity (Wildman–Crippen MR) is 100 cm³/mol. The number of para-hydroxylation sites is 1. The van der Waals surface area contributed by atoms with Crippen molar-refractivity contribution in [1.82, 2.24) is 0 Å². The van der Waals surface area contributed by atoms with Gasteiger partial charge >= 0.3 is 0 Å². The molecular formula is C19H15NS2. The summed E-state index contributed by atoms with van der Waals surface area (Å²) in [6.45, 7) is 0. The maximum Gasteiger partial charge on any atom is 0.0593 e. The number of rotatable bonds is 0. The summed E-state index contributed by atoms with van der Waals surface area (Å²) in [5.41, 5.74) is 4.06. The van der Waals surface area contributed by atoms with Crippen LogP contribution in [0.15, 0.2) is 71.6 Å². The molecule has 1 aliphatic carbocycles. The van der Waals surface area contributed by atoms with Crippen LogP contribution in [0.4, 0.5) is 5.69 Å². The molecule has 1 aliphatic heterocycles. The minimum atomic E-state index is 1.08. The average molecular weight is 321 g/mol. The Balaban J connectivity index is 0.000000122. The SMILES string of the molecule is C1=Cc2cccc3cccc(c23)C1.c1ccc2c(c1)NSS2. The maximum atomic E-state index is 3.18. The highest BCUT2D eigenvalue weighted by atomic mass is 33.1. The largest absolute Gasteiger partial charge is 0.319 e. The van der Waals surface area contributed by atoms with Crippen LogP contribution >= 0.6 is 21.8 Å². The van der Waals surface area contributed by atoms with Gasteiger partial charge in [0.25, 0.3) is 0 Å². The zero-order valence-electron chi connectivity index (χ0n) is 12.0. The summed E-state index contributed by atoms with van der Waals surface area (Å²) in [5, 5.41) is 2.80. The highest BCUT2D eigenvalue weighted by Gasteiger charge is 2.08. The average Bonchev–Trinajstić information content (AvgIpc) is 3.05. The molecule has 2 aliphatic rings. The smallest absolute Gasteiger partial charge is 0.0593 e. The van der Waals surface area contributed by atoms with Gasteiger partial charge in [-0.1, -0.05) is 60.7 Å². The lowest BCUT2D eigenvalue weighted by molar-refractivity contribution is 1.29. The van der Waals surface area contributed by atoms with Gasteiger partial charge < -0.3 is 4.72 Å². The summed E-state index contributed by atoms with van der Waals surface area (Å²) in [6, 6.07) is 21.3. The standard InChI is InChI=1S/C13H10.C6H5NS2/c1-4-10-6-2-8-12-9-3-7-11(5-1)13(10)12;1-2-4-6-5(3-1)7-9-8-6/h1-8H,9H2;1-4,7H. The topological polar surface area (TPSA) is 12.0 Å². The predicted octanol–water partition coefficient (Wildman–Crippen LogP) is 6.18. The van der Waals surface area contributed by atoms with E-state index in [1.807, 2.05) is 6.07 Å². The summed E-state index contributed by atoms with van der Waals surface area (Å²) in [6.07, 6.45) is 5.53. The molecule has 0 radical (unpaired) electrons. The molecule has 3 aromatic carbocycles. The zero-order chi connectivity index (χ0) is 14.8. The Morgan fingerprint density at radius 2 is 1.73 bits per heavy atom. The molecule has 0 unspecified atom stereocenters. The van der Waals surface area contributed by atoms with E-state index in [0.29, 0.717) is 0 Å². The number of hydrogen-bond donors (Lipinski definition) is 1. The van der Waals surface area contributed by atoms with Crippen molar-refractivity contribution in [3.05, 3.63) is 77.9 Å². The van der Waals surface area contributed by atoms with E-state index >= 15 is 0 Å². The van der Waals surface area contributed by atoms with Crippen molar-refractivity contribution in [3.63, 3.8) is 0 Å². The van der Waals surface area contributed by atoms with Gasteiger partial charge in [0, 0.05) is 15.9 Å². The lowest BCUT2D eigenvalue weighted by Crippen LogP contribution is -1.91. The zero-order valence-corrected chi connectivity index (χ0v) is 13.6. The highest BCUT2D eigenvalue weighted by Crippen LogP contribution is 2.43. The van der Waals surface area contributed by atoms with E-state index in [9.17, 15) is 0 Å². The summed E-state index contributed by atoms with van der Waals surface area (Å²) in [7, 11) is 3.44. The fraction of sp³-hybridized carbons (Fsp3) is 0.0526. The van der Waals surface area contributed by atoms with Crippen LogP contribution < -0.4 is 4.72 Å². The molecule has 0 bridgehead atoms. The first-order valence-corrected chi connectivity index (χ1v) is 9.42. The van der Waals surface area contributed by atoms with Gasteiger partial charge in [-0.05, 0) is 51.2 Å². The number of allylic oxidation sites excluding steroid dienone is 1. The molecular weight excluding hydrogens is 306 g/mol. The lowest BCUT2D eigenvalue weighted by atomic mass is 9.93. The molecule has 0 spiro atoms. The van der Waals surface area contributed by atoms with Crippen LogP contribution in [-0.4, -0.2) is 0 Å². The van der Waals surface area contributed by atoms with E-state index < -0.39 is 0 Å². The van der Waals surface area contributed by atoms with Crippen molar-refractivity contribution in [2.75, 3.05) is 4.72 Å². The molecule has 0 fully saturated rings. The second-order valence-corrected chi connectivity index (χ2v) is 7.21. The number of benzene rings is 3. The highest BCUT2D eigenvalue weighted by molar-refractivity contribution is 8.77. The first-order chi connectivity index (χ1) is 10.9. The van der Waals surface area contributed by atoms with Crippen molar-refractivity contribution in [2.45, 2.75) is 11.3 Å². The van der Waals surface area contributed by atoms with Crippen LogP contribution in [0.1, 0.15) is 11.1 Å². The van der Waals surface area contributed by atoms with Gasteiger partial charge in [-0.25, -0.2) is 0 Å². The molecule has 1 N–H and O–H groups in total. The summed E-state index contributed by atoms with van der Waals surface area (Å²) in [4.78, 5) is 1.34. The first-order valence-electron chi connectivity index (χ1n) is 7.27.